The number of allylic oxidation sites excluding steroid dienone is 2. The van der Waals surface area contributed by atoms with Crippen LogP contribution in [0.3, 0.4) is 0 Å². The van der Waals surface area contributed by atoms with Crippen molar-refractivity contribution in [3.8, 4) is 0 Å². The molecular formula is C25H42O4. The van der Waals surface area contributed by atoms with E-state index in [1.807, 2.05) is 27.7 Å². The van der Waals surface area contributed by atoms with Crippen molar-refractivity contribution < 1.29 is 19.1 Å². The summed E-state index contributed by atoms with van der Waals surface area (Å²) in [7, 11) is 0. The van der Waals surface area contributed by atoms with Gasteiger partial charge in [-0.3, -0.25) is 9.59 Å². The number of hydrogen-bond acceptors (Lipinski definition) is 4. The van der Waals surface area contributed by atoms with Gasteiger partial charge in [-0.1, -0.05) is 66.5 Å². The summed E-state index contributed by atoms with van der Waals surface area (Å²) in [4.78, 5) is 27.4. The van der Waals surface area contributed by atoms with Crippen LogP contribution in [0, 0.1) is 34.5 Å². The van der Waals surface area contributed by atoms with E-state index in [1.54, 1.807) is 0 Å². The Labute approximate surface area is 177 Å². The van der Waals surface area contributed by atoms with Crippen molar-refractivity contribution in [3.63, 3.8) is 0 Å². The van der Waals surface area contributed by atoms with E-state index in [0.717, 1.165) is 19.3 Å². The van der Waals surface area contributed by atoms with Gasteiger partial charge in [0.05, 0.1) is 24.0 Å². The molecule has 0 heterocycles. The highest BCUT2D eigenvalue weighted by atomic mass is 16.5. The van der Waals surface area contributed by atoms with Gasteiger partial charge in [-0.25, -0.2) is 0 Å². The van der Waals surface area contributed by atoms with Crippen LogP contribution in [0.15, 0.2) is 11.1 Å². The third kappa shape index (κ3) is 3.55. The largest absolute Gasteiger partial charge is 0.465 e. The maximum atomic E-state index is 13.7. The quantitative estimate of drug-likeness (QED) is 0.332. The lowest BCUT2D eigenvalue weighted by molar-refractivity contribution is -0.187. The number of carbonyl (C=O) groups is 2. The van der Waals surface area contributed by atoms with Crippen LogP contribution in [0.4, 0.5) is 0 Å². The molecule has 1 saturated carbocycles. The molecule has 0 aromatic rings. The minimum absolute atomic E-state index is 0.0867. The van der Waals surface area contributed by atoms with Crippen molar-refractivity contribution in [3.05, 3.63) is 11.1 Å². The smallest absolute Gasteiger partial charge is 0.313 e. The van der Waals surface area contributed by atoms with E-state index in [1.165, 1.54) is 11.1 Å². The van der Waals surface area contributed by atoms with Gasteiger partial charge in [0.15, 0.2) is 0 Å². The fraction of sp³-hybridized carbons (Fsp3) is 0.840. The van der Waals surface area contributed by atoms with Gasteiger partial charge in [-0.2, -0.15) is 0 Å². The van der Waals surface area contributed by atoms with Crippen LogP contribution >= 0.6 is 0 Å². The van der Waals surface area contributed by atoms with Crippen LogP contribution in [-0.4, -0.2) is 25.2 Å². The second-order valence-electron chi connectivity index (χ2n) is 9.73. The van der Waals surface area contributed by atoms with Crippen molar-refractivity contribution in [1.82, 2.24) is 0 Å². The lowest BCUT2D eigenvalue weighted by atomic mass is 9.52. The molecule has 2 rings (SSSR count). The highest BCUT2D eigenvalue weighted by Crippen LogP contribution is 2.72. The Bertz CT molecular complexity index is 593. The summed E-state index contributed by atoms with van der Waals surface area (Å²) < 4.78 is 11.7. The Balaban J connectivity index is 2.63. The molecule has 0 aliphatic heterocycles. The van der Waals surface area contributed by atoms with Crippen molar-refractivity contribution in [2.24, 2.45) is 34.5 Å². The topological polar surface area (TPSA) is 52.6 Å². The predicted octanol–water partition coefficient (Wildman–Crippen LogP) is 5.94. The average molecular weight is 407 g/mol. The minimum Gasteiger partial charge on any atom is -0.465 e. The van der Waals surface area contributed by atoms with Crippen LogP contribution in [0.25, 0.3) is 0 Å². The maximum absolute atomic E-state index is 13.7. The Morgan fingerprint density at radius 2 is 1.14 bits per heavy atom. The number of ether oxygens (including phenoxy) is 2. The fourth-order valence-corrected chi connectivity index (χ4v) is 6.34. The van der Waals surface area contributed by atoms with Gasteiger partial charge in [0.1, 0.15) is 0 Å². The first-order valence-corrected chi connectivity index (χ1v) is 11.7. The molecule has 4 atom stereocenters. The van der Waals surface area contributed by atoms with Gasteiger partial charge in [-0.15, -0.1) is 0 Å². The minimum atomic E-state index is -0.820. The zero-order chi connectivity index (χ0) is 22.0. The van der Waals surface area contributed by atoms with Gasteiger partial charge < -0.3 is 9.47 Å². The zero-order valence-electron chi connectivity index (χ0n) is 19.9. The average Bonchev–Trinajstić information content (AvgIpc) is 3.21. The molecule has 2 aliphatic carbocycles. The summed E-state index contributed by atoms with van der Waals surface area (Å²) >= 11 is 0. The summed E-state index contributed by atoms with van der Waals surface area (Å²) in [6.45, 7) is 17.4. The molecule has 2 aliphatic rings. The van der Waals surface area contributed by atoms with E-state index >= 15 is 0 Å². The van der Waals surface area contributed by atoms with E-state index in [-0.39, 0.29) is 35.6 Å². The molecular weight excluding hydrogens is 364 g/mol. The molecule has 0 aromatic carbocycles. The molecule has 4 heteroatoms. The highest BCUT2D eigenvalue weighted by Gasteiger charge is 2.75. The standard InChI is InChI=1S/C25H42O4/c1-9-18-19(10-2)21-13-20(18)24(11-3,22(26)28-14-16(5)6)25(21,12-4)23(27)29-15-17(7)8/h16-17,20-21H,9-15H2,1-8H3/t20-,21-,24?,25?/m0/s1. The molecule has 0 amide bonds. The Morgan fingerprint density at radius 1 is 0.793 bits per heavy atom. The molecule has 166 valence electrons. The van der Waals surface area contributed by atoms with E-state index in [9.17, 15) is 9.59 Å². The van der Waals surface area contributed by atoms with Crippen LogP contribution in [0.1, 0.15) is 87.5 Å². The van der Waals surface area contributed by atoms with E-state index < -0.39 is 10.8 Å². The molecule has 2 bridgehead atoms. The number of rotatable bonds is 10. The van der Waals surface area contributed by atoms with Gasteiger partial charge in [0, 0.05) is 0 Å². The molecule has 0 saturated heterocycles. The third-order valence-electron chi connectivity index (χ3n) is 7.41. The van der Waals surface area contributed by atoms with Crippen molar-refractivity contribution in [1.29, 1.82) is 0 Å². The normalized spacial score (nSPS) is 31.1. The van der Waals surface area contributed by atoms with Gasteiger partial charge in [-0.05, 0) is 55.8 Å². The number of esters is 2. The van der Waals surface area contributed by atoms with Crippen molar-refractivity contribution in [2.45, 2.75) is 87.5 Å². The number of fused-ring (bicyclic) bond motifs is 2. The number of hydrogen-bond donors (Lipinski definition) is 0. The van der Waals surface area contributed by atoms with E-state index in [2.05, 4.69) is 27.7 Å². The van der Waals surface area contributed by atoms with Gasteiger partial charge in [0.2, 0.25) is 0 Å². The Hall–Kier alpha value is -1.32. The van der Waals surface area contributed by atoms with Crippen LogP contribution in [0.5, 0.6) is 0 Å². The first kappa shape index (κ1) is 24.0. The third-order valence-corrected chi connectivity index (χ3v) is 7.41. The summed E-state index contributed by atoms with van der Waals surface area (Å²) in [5.74, 6) is 0.328. The van der Waals surface area contributed by atoms with Gasteiger partial charge in [0.25, 0.3) is 0 Å². The second kappa shape index (κ2) is 9.22. The van der Waals surface area contributed by atoms with Crippen LogP contribution < -0.4 is 0 Å². The Kier molecular flexibility index (Phi) is 7.62. The molecule has 1 fully saturated rings. The van der Waals surface area contributed by atoms with Gasteiger partial charge >= 0.3 is 11.9 Å². The lowest BCUT2D eigenvalue weighted by Gasteiger charge is -2.50. The zero-order valence-corrected chi connectivity index (χ0v) is 19.9. The van der Waals surface area contributed by atoms with Crippen molar-refractivity contribution >= 4 is 11.9 Å². The molecule has 29 heavy (non-hydrogen) atoms. The first-order chi connectivity index (χ1) is 13.7. The predicted molar refractivity (Wildman–Crippen MR) is 116 cm³/mol. The summed E-state index contributed by atoms with van der Waals surface area (Å²) in [6.07, 6.45) is 3.96. The maximum Gasteiger partial charge on any atom is 0.313 e. The summed E-state index contributed by atoms with van der Waals surface area (Å²) in [5.41, 5.74) is 1.14. The monoisotopic (exact) mass is 406 g/mol. The molecule has 0 aromatic heterocycles. The second-order valence-corrected chi connectivity index (χ2v) is 9.73. The Morgan fingerprint density at radius 3 is 1.38 bits per heavy atom. The molecule has 2 unspecified atom stereocenters. The van der Waals surface area contributed by atoms with Crippen LogP contribution in [0.2, 0.25) is 0 Å². The SMILES string of the molecule is CCC1=C(CC)[C@@H]2C[C@@H]1C(CC)(C(=O)OCC(C)C)C2(CC)C(=O)OCC(C)C. The lowest BCUT2D eigenvalue weighted by Crippen LogP contribution is -2.57. The summed E-state index contributed by atoms with van der Waals surface area (Å²) in [5, 5.41) is 0. The fourth-order valence-electron chi connectivity index (χ4n) is 6.34. The van der Waals surface area contributed by atoms with E-state index in [4.69, 9.17) is 9.47 Å². The molecule has 0 spiro atoms. The summed E-state index contributed by atoms with van der Waals surface area (Å²) in [6, 6.07) is 0. The van der Waals surface area contributed by atoms with Crippen LogP contribution in [-0.2, 0) is 19.1 Å². The first-order valence-electron chi connectivity index (χ1n) is 11.7. The molecule has 0 radical (unpaired) electrons. The van der Waals surface area contributed by atoms with E-state index in [0.29, 0.717) is 26.1 Å². The van der Waals surface area contributed by atoms with Crippen molar-refractivity contribution in [2.75, 3.05) is 13.2 Å². The number of carbonyl (C=O) groups excluding carboxylic acids is 2. The highest BCUT2D eigenvalue weighted by molar-refractivity contribution is 5.92. The molecule has 0 N–H and O–H groups in total. The molecule has 4 nitrogen and oxygen atoms in total.